The summed E-state index contributed by atoms with van der Waals surface area (Å²) in [5, 5.41) is 15.3. The van der Waals surface area contributed by atoms with Gasteiger partial charge in [-0.05, 0) is 43.5 Å². The van der Waals surface area contributed by atoms with Gasteiger partial charge in [-0.2, -0.15) is 0 Å². The van der Waals surface area contributed by atoms with Gasteiger partial charge in [0.2, 0.25) is 0 Å². The number of rotatable bonds is 7. The predicted molar refractivity (Wildman–Crippen MR) is 102 cm³/mol. The average Bonchev–Trinajstić information content (AvgIpc) is 2.66. The molecule has 3 rings (SSSR count). The van der Waals surface area contributed by atoms with Crippen LogP contribution in [0.2, 0.25) is 5.02 Å². The maximum absolute atomic E-state index is 13.3. The van der Waals surface area contributed by atoms with E-state index >= 15 is 0 Å². The van der Waals surface area contributed by atoms with Crippen molar-refractivity contribution in [2.45, 2.75) is 12.8 Å². The number of aliphatic hydroxyl groups excluding tert-OH is 1. The van der Waals surface area contributed by atoms with E-state index in [0.29, 0.717) is 24.0 Å². The van der Waals surface area contributed by atoms with Crippen LogP contribution in [-0.2, 0) is 0 Å². The molecular formula is C18H23ClFN5O. The molecule has 1 aromatic carbocycles. The minimum absolute atomic E-state index is 0.0705. The second-order valence-electron chi connectivity index (χ2n) is 6.37. The van der Waals surface area contributed by atoms with E-state index in [1.807, 2.05) is 6.07 Å². The monoisotopic (exact) mass is 379 g/mol. The molecule has 1 aromatic heterocycles. The molecule has 8 heteroatoms. The van der Waals surface area contributed by atoms with Crippen molar-refractivity contribution in [1.29, 1.82) is 0 Å². The summed E-state index contributed by atoms with van der Waals surface area (Å²) in [5.74, 6) is 1.69. The molecule has 0 radical (unpaired) electrons. The zero-order valence-corrected chi connectivity index (χ0v) is 15.2. The van der Waals surface area contributed by atoms with Crippen molar-refractivity contribution < 1.29 is 9.50 Å². The molecule has 0 bridgehead atoms. The molecule has 0 atom stereocenters. The quantitative estimate of drug-likeness (QED) is 0.642. The van der Waals surface area contributed by atoms with E-state index in [-0.39, 0.29) is 11.6 Å². The summed E-state index contributed by atoms with van der Waals surface area (Å²) in [6.45, 7) is 3.63. The van der Waals surface area contributed by atoms with E-state index < -0.39 is 5.82 Å². The van der Waals surface area contributed by atoms with Gasteiger partial charge in [0.15, 0.2) is 0 Å². The predicted octanol–water partition coefficient (Wildman–Crippen LogP) is 2.81. The smallest absolute Gasteiger partial charge is 0.141 e. The molecule has 2 aromatic rings. The highest BCUT2D eigenvalue weighted by molar-refractivity contribution is 6.31. The lowest BCUT2D eigenvalue weighted by molar-refractivity contribution is 0.283. The zero-order valence-electron chi connectivity index (χ0n) is 14.5. The van der Waals surface area contributed by atoms with Gasteiger partial charge in [0.1, 0.15) is 23.8 Å². The highest BCUT2D eigenvalue weighted by Crippen LogP contribution is 2.25. The molecular weight excluding hydrogens is 357 g/mol. The average molecular weight is 380 g/mol. The molecule has 6 nitrogen and oxygen atoms in total. The SMILES string of the molecule is OCCNCC1CCN(c2cc(Nc3ccc(F)c(Cl)c3)ncn2)CC1. The zero-order chi connectivity index (χ0) is 18.4. The number of benzene rings is 1. The van der Waals surface area contributed by atoms with Gasteiger partial charge in [0, 0.05) is 31.4 Å². The van der Waals surface area contributed by atoms with E-state index in [1.54, 1.807) is 6.07 Å². The number of hydrogen-bond donors (Lipinski definition) is 3. The second-order valence-corrected chi connectivity index (χ2v) is 6.78. The van der Waals surface area contributed by atoms with Crippen molar-refractivity contribution in [3.63, 3.8) is 0 Å². The topological polar surface area (TPSA) is 73.3 Å². The van der Waals surface area contributed by atoms with Gasteiger partial charge in [0.25, 0.3) is 0 Å². The van der Waals surface area contributed by atoms with E-state index in [9.17, 15) is 4.39 Å². The number of hydrogen-bond acceptors (Lipinski definition) is 6. The molecule has 3 N–H and O–H groups in total. The number of aromatic nitrogens is 2. The normalized spacial score (nSPS) is 15.3. The van der Waals surface area contributed by atoms with E-state index in [1.165, 1.54) is 18.5 Å². The van der Waals surface area contributed by atoms with Gasteiger partial charge in [-0.15, -0.1) is 0 Å². The Kier molecular flexibility index (Phi) is 6.60. The Morgan fingerprint density at radius 2 is 2.04 bits per heavy atom. The Bertz CT molecular complexity index is 724. The maximum atomic E-state index is 13.3. The maximum Gasteiger partial charge on any atom is 0.141 e. The molecule has 140 valence electrons. The van der Waals surface area contributed by atoms with Crippen LogP contribution in [0, 0.1) is 11.7 Å². The first-order valence-corrected chi connectivity index (χ1v) is 9.14. The van der Waals surface area contributed by atoms with Crippen molar-refractivity contribution >= 4 is 28.9 Å². The Hall–Kier alpha value is -1.96. The molecule has 0 aliphatic carbocycles. The molecule has 0 spiro atoms. The Labute approximate surface area is 157 Å². The lowest BCUT2D eigenvalue weighted by atomic mass is 9.97. The summed E-state index contributed by atoms with van der Waals surface area (Å²) in [5.41, 5.74) is 0.676. The van der Waals surface area contributed by atoms with Crippen LogP contribution < -0.4 is 15.5 Å². The lowest BCUT2D eigenvalue weighted by Crippen LogP contribution is -2.38. The van der Waals surface area contributed by atoms with Crippen LogP contribution in [0.4, 0.5) is 21.7 Å². The molecule has 0 amide bonds. The van der Waals surface area contributed by atoms with Crippen LogP contribution in [0.3, 0.4) is 0 Å². The molecule has 0 unspecified atom stereocenters. The number of anilines is 3. The standard InChI is InChI=1S/C18H23ClFN5O/c19-15-9-14(1-2-16(15)20)24-17-10-18(23-12-22-17)25-6-3-13(4-7-25)11-21-5-8-26/h1-2,9-10,12-13,21,26H,3-8,11H2,(H,22,23,24). The third-order valence-electron chi connectivity index (χ3n) is 4.50. The Morgan fingerprint density at radius 3 is 2.77 bits per heavy atom. The van der Waals surface area contributed by atoms with Gasteiger partial charge in [-0.3, -0.25) is 0 Å². The van der Waals surface area contributed by atoms with Gasteiger partial charge in [-0.25, -0.2) is 14.4 Å². The first-order valence-electron chi connectivity index (χ1n) is 8.76. The fourth-order valence-electron chi connectivity index (χ4n) is 3.06. The fraction of sp³-hybridized carbons (Fsp3) is 0.444. The summed E-state index contributed by atoms with van der Waals surface area (Å²) in [4.78, 5) is 10.8. The fourth-order valence-corrected chi connectivity index (χ4v) is 3.24. The summed E-state index contributed by atoms with van der Waals surface area (Å²) in [6.07, 6.45) is 3.69. The van der Waals surface area contributed by atoms with Gasteiger partial charge < -0.3 is 20.6 Å². The van der Waals surface area contributed by atoms with Crippen LogP contribution in [0.1, 0.15) is 12.8 Å². The van der Waals surface area contributed by atoms with Crippen LogP contribution in [0.25, 0.3) is 0 Å². The lowest BCUT2D eigenvalue weighted by Gasteiger charge is -2.33. The number of nitrogens with one attached hydrogen (secondary N) is 2. The number of aliphatic hydroxyl groups is 1. The number of nitrogens with zero attached hydrogens (tertiary/aromatic N) is 3. The third kappa shape index (κ3) is 5.03. The summed E-state index contributed by atoms with van der Waals surface area (Å²) < 4.78 is 13.3. The largest absolute Gasteiger partial charge is 0.395 e. The van der Waals surface area contributed by atoms with Crippen LogP contribution in [-0.4, -0.2) is 47.9 Å². The molecule has 26 heavy (non-hydrogen) atoms. The molecule has 1 saturated heterocycles. The molecule has 1 aliphatic rings. The highest BCUT2D eigenvalue weighted by Gasteiger charge is 2.20. The summed E-state index contributed by atoms with van der Waals surface area (Å²) >= 11 is 5.82. The third-order valence-corrected chi connectivity index (χ3v) is 4.79. The van der Waals surface area contributed by atoms with Gasteiger partial charge >= 0.3 is 0 Å². The summed E-state index contributed by atoms with van der Waals surface area (Å²) in [6, 6.07) is 6.36. The summed E-state index contributed by atoms with van der Waals surface area (Å²) in [7, 11) is 0. The minimum atomic E-state index is -0.447. The first kappa shape index (κ1) is 18.8. The van der Waals surface area contributed by atoms with Crippen molar-refractivity contribution in [2.75, 3.05) is 43.0 Å². The molecule has 2 heterocycles. The van der Waals surface area contributed by atoms with Crippen molar-refractivity contribution in [3.8, 4) is 0 Å². The van der Waals surface area contributed by atoms with Crippen LogP contribution in [0.5, 0.6) is 0 Å². The van der Waals surface area contributed by atoms with E-state index in [2.05, 4.69) is 25.5 Å². The van der Waals surface area contributed by atoms with Crippen molar-refractivity contribution in [2.24, 2.45) is 5.92 Å². The van der Waals surface area contributed by atoms with Crippen LogP contribution in [0.15, 0.2) is 30.6 Å². The Morgan fingerprint density at radius 1 is 1.23 bits per heavy atom. The van der Waals surface area contributed by atoms with E-state index in [4.69, 9.17) is 16.7 Å². The number of piperidine rings is 1. The number of halogens is 2. The molecule has 1 fully saturated rings. The highest BCUT2D eigenvalue weighted by atomic mass is 35.5. The molecule has 0 saturated carbocycles. The van der Waals surface area contributed by atoms with Crippen LogP contribution >= 0.6 is 11.6 Å². The van der Waals surface area contributed by atoms with E-state index in [0.717, 1.165) is 38.3 Å². The van der Waals surface area contributed by atoms with Crippen molar-refractivity contribution in [3.05, 3.63) is 41.4 Å². The second kappa shape index (κ2) is 9.12. The van der Waals surface area contributed by atoms with Crippen molar-refractivity contribution in [1.82, 2.24) is 15.3 Å². The van der Waals surface area contributed by atoms with Gasteiger partial charge in [-0.1, -0.05) is 11.6 Å². The minimum Gasteiger partial charge on any atom is -0.395 e. The first-order chi connectivity index (χ1) is 12.7. The van der Waals surface area contributed by atoms with Gasteiger partial charge in [0.05, 0.1) is 11.6 Å². The Balaban J connectivity index is 1.58. The molecule has 1 aliphatic heterocycles.